The average Bonchev–Trinajstić information content (AvgIpc) is 2.35. The van der Waals surface area contributed by atoms with Crippen LogP contribution in [-0.4, -0.2) is 5.11 Å². The summed E-state index contributed by atoms with van der Waals surface area (Å²) in [6.45, 7) is 8.29. The van der Waals surface area contributed by atoms with Gasteiger partial charge in [-0.25, -0.2) is 0 Å². The molecule has 2 heteroatoms. The van der Waals surface area contributed by atoms with Crippen LogP contribution in [0, 0.1) is 12.8 Å². The second kappa shape index (κ2) is 6.64. The number of halogens is 1. The highest BCUT2D eigenvalue weighted by Crippen LogP contribution is 2.25. The Kier molecular flexibility index (Phi) is 5.48. The SMILES string of the molecule is C=C(c1ccccc1C)C(C)/C=C\C(O)=C/I. The smallest absolute Gasteiger partial charge is 0.121 e. The number of rotatable bonds is 4. The predicted octanol–water partition coefficient (Wildman–Crippen LogP) is 5.03. The monoisotopic (exact) mass is 340 g/mol. The molecule has 0 heterocycles. The summed E-state index contributed by atoms with van der Waals surface area (Å²) in [6, 6.07) is 8.21. The van der Waals surface area contributed by atoms with Gasteiger partial charge in [0.1, 0.15) is 5.76 Å². The van der Waals surface area contributed by atoms with Crippen molar-refractivity contribution in [3.05, 3.63) is 64.0 Å². The molecule has 0 radical (unpaired) electrons. The molecule has 0 aliphatic rings. The van der Waals surface area contributed by atoms with Crippen LogP contribution < -0.4 is 0 Å². The molecule has 1 rings (SSSR count). The van der Waals surface area contributed by atoms with Gasteiger partial charge in [0.05, 0.1) is 0 Å². The molecule has 1 nitrogen and oxygen atoms in total. The summed E-state index contributed by atoms with van der Waals surface area (Å²) >= 11 is 2.01. The van der Waals surface area contributed by atoms with E-state index < -0.39 is 0 Å². The summed E-state index contributed by atoms with van der Waals surface area (Å²) in [4.78, 5) is 0. The lowest BCUT2D eigenvalue weighted by atomic mass is 9.92. The van der Waals surface area contributed by atoms with Crippen molar-refractivity contribution in [1.29, 1.82) is 0 Å². The molecule has 0 fully saturated rings. The van der Waals surface area contributed by atoms with Gasteiger partial charge in [-0.15, -0.1) is 0 Å². The van der Waals surface area contributed by atoms with Crippen molar-refractivity contribution in [2.24, 2.45) is 5.92 Å². The highest BCUT2D eigenvalue weighted by atomic mass is 127. The maximum absolute atomic E-state index is 9.35. The summed E-state index contributed by atoms with van der Waals surface area (Å²) in [7, 11) is 0. The second-order valence-electron chi connectivity index (χ2n) is 4.02. The first-order chi connectivity index (χ1) is 8.06. The first-order valence-corrected chi connectivity index (χ1v) is 6.73. The fourth-order valence-corrected chi connectivity index (χ4v) is 1.78. The largest absolute Gasteiger partial charge is 0.508 e. The number of hydrogen-bond acceptors (Lipinski definition) is 1. The van der Waals surface area contributed by atoms with E-state index in [0.29, 0.717) is 0 Å². The van der Waals surface area contributed by atoms with Crippen LogP contribution in [-0.2, 0) is 0 Å². The zero-order valence-electron chi connectivity index (χ0n) is 10.2. The lowest BCUT2D eigenvalue weighted by molar-refractivity contribution is 0.434. The Hall–Kier alpha value is -1.03. The molecular formula is C15H17IO. The summed E-state index contributed by atoms with van der Waals surface area (Å²) in [5, 5.41) is 9.35. The molecule has 0 aliphatic heterocycles. The van der Waals surface area contributed by atoms with Crippen molar-refractivity contribution in [1.82, 2.24) is 0 Å². The van der Waals surface area contributed by atoms with Gasteiger partial charge in [-0.05, 0) is 58.2 Å². The fourth-order valence-electron chi connectivity index (χ4n) is 1.57. The third-order valence-corrected chi connectivity index (χ3v) is 3.35. The van der Waals surface area contributed by atoms with Gasteiger partial charge in [0.2, 0.25) is 0 Å². The van der Waals surface area contributed by atoms with E-state index in [0.717, 1.165) is 5.57 Å². The Morgan fingerprint density at radius 2 is 2.06 bits per heavy atom. The Labute approximate surface area is 117 Å². The topological polar surface area (TPSA) is 20.2 Å². The summed E-state index contributed by atoms with van der Waals surface area (Å²) in [6.07, 6.45) is 3.67. The van der Waals surface area contributed by atoms with E-state index >= 15 is 0 Å². The summed E-state index contributed by atoms with van der Waals surface area (Å²) in [5.41, 5.74) is 3.48. The maximum atomic E-state index is 9.35. The Morgan fingerprint density at radius 3 is 2.65 bits per heavy atom. The first kappa shape index (κ1) is 14.0. The number of benzene rings is 1. The van der Waals surface area contributed by atoms with Crippen LogP contribution in [0.3, 0.4) is 0 Å². The van der Waals surface area contributed by atoms with E-state index in [2.05, 4.69) is 32.6 Å². The van der Waals surface area contributed by atoms with Crippen LogP contribution >= 0.6 is 22.6 Å². The van der Waals surface area contributed by atoms with Gasteiger partial charge in [0, 0.05) is 4.08 Å². The normalized spacial score (nSPS) is 13.9. The molecule has 90 valence electrons. The Balaban J connectivity index is 2.84. The predicted molar refractivity (Wildman–Crippen MR) is 83.2 cm³/mol. The van der Waals surface area contributed by atoms with Crippen molar-refractivity contribution >= 4 is 28.2 Å². The van der Waals surface area contributed by atoms with Gasteiger partial charge in [-0.3, -0.25) is 0 Å². The molecule has 0 aliphatic carbocycles. The summed E-state index contributed by atoms with van der Waals surface area (Å²) < 4.78 is 1.64. The minimum Gasteiger partial charge on any atom is -0.508 e. The standard InChI is InChI=1S/C15H17IO/c1-11(8-9-14(17)10-16)13(3)15-7-5-4-6-12(15)2/h4-11,17H,3H2,1-2H3/b9-8-,14-10+. The molecule has 0 spiro atoms. The molecule has 0 bridgehead atoms. The fraction of sp³-hybridized carbons (Fsp3) is 0.200. The number of allylic oxidation sites excluding steroid dienone is 3. The quantitative estimate of drug-likeness (QED) is 0.463. The van der Waals surface area contributed by atoms with Gasteiger partial charge in [-0.2, -0.15) is 0 Å². The minimum atomic E-state index is 0.203. The highest BCUT2D eigenvalue weighted by molar-refractivity contribution is 14.1. The molecule has 1 aromatic rings. The van der Waals surface area contributed by atoms with Crippen LogP contribution in [0.4, 0.5) is 0 Å². The highest BCUT2D eigenvalue weighted by Gasteiger charge is 2.07. The minimum absolute atomic E-state index is 0.203. The lowest BCUT2D eigenvalue weighted by Gasteiger charge is -2.13. The molecule has 1 atom stereocenters. The number of aliphatic hydroxyl groups excluding tert-OH is 1. The van der Waals surface area contributed by atoms with Crippen LogP contribution in [0.25, 0.3) is 5.57 Å². The van der Waals surface area contributed by atoms with Crippen LogP contribution in [0.5, 0.6) is 0 Å². The molecule has 17 heavy (non-hydrogen) atoms. The molecule has 1 unspecified atom stereocenters. The first-order valence-electron chi connectivity index (χ1n) is 5.48. The zero-order chi connectivity index (χ0) is 12.8. The van der Waals surface area contributed by atoms with Gasteiger partial charge in [0.15, 0.2) is 0 Å². The third-order valence-electron chi connectivity index (χ3n) is 2.71. The van der Waals surface area contributed by atoms with Crippen molar-refractivity contribution in [3.63, 3.8) is 0 Å². The van der Waals surface area contributed by atoms with Gasteiger partial charge in [-0.1, -0.05) is 43.8 Å². The molecular weight excluding hydrogens is 323 g/mol. The van der Waals surface area contributed by atoms with E-state index in [9.17, 15) is 5.11 Å². The zero-order valence-corrected chi connectivity index (χ0v) is 12.3. The van der Waals surface area contributed by atoms with E-state index in [1.165, 1.54) is 11.1 Å². The molecule has 1 aromatic carbocycles. The Morgan fingerprint density at radius 1 is 1.41 bits per heavy atom. The van der Waals surface area contributed by atoms with E-state index in [-0.39, 0.29) is 11.7 Å². The second-order valence-corrected chi connectivity index (χ2v) is 4.64. The third kappa shape index (κ3) is 4.04. The van der Waals surface area contributed by atoms with E-state index in [4.69, 9.17) is 0 Å². The molecule has 0 saturated heterocycles. The lowest BCUT2D eigenvalue weighted by Crippen LogP contribution is -1.96. The molecule has 0 aromatic heterocycles. The van der Waals surface area contributed by atoms with Crippen LogP contribution in [0.15, 0.2) is 52.8 Å². The molecule has 1 N–H and O–H groups in total. The Bertz CT molecular complexity index is 458. The van der Waals surface area contributed by atoms with Gasteiger partial charge >= 0.3 is 0 Å². The van der Waals surface area contributed by atoms with E-state index in [1.807, 2.05) is 40.8 Å². The molecule has 0 saturated carbocycles. The van der Waals surface area contributed by atoms with Crippen molar-refractivity contribution in [3.8, 4) is 0 Å². The van der Waals surface area contributed by atoms with Crippen LogP contribution in [0.2, 0.25) is 0 Å². The van der Waals surface area contributed by atoms with Crippen molar-refractivity contribution in [2.45, 2.75) is 13.8 Å². The van der Waals surface area contributed by atoms with Gasteiger partial charge < -0.3 is 5.11 Å². The number of aryl methyl sites for hydroxylation is 1. The molecule has 0 amide bonds. The maximum Gasteiger partial charge on any atom is 0.121 e. The van der Waals surface area contributed by atoms with Crippen molar-refractivity contribution in [2.75, 3.05) is 0 Å². The average molecular weight is 340 g/mol. The van der Waals surface area contributed by atoms with Crippen LogP contribution in [0.1, 0.15) is 18.1 Å². The van der Waals surface area contributed by atoms with Gasteiger partial charge in [0.25, 0.3) is 0 Å². The van der Waals surface area contributed by atoms with Crippen molar-refractivity contribution < 1.29 is 5.11 Å². The summed E-state index contributed by atoms with van der Waals surface area (Å²) in [5.74, 6) is 0.477. The van der Waals surface area contributed by atoms with E-state index in [1.54, 1.807) is 10.2 Å². The number of aliphatic hydroxyl groups is 1. The number of hydrogen-bond donors (Lipinski definition) is 1.